The van der Waals surface area contributed by atoms with Gasteiger partial charge in [0.05, 0.1) is 10.0 Å². The molecule has 1 saturated heterocycles. The SMILES string of the molecule is C=Ic1cc(NC(=O)NS(=O)(=O)c2ccc(Cl)s2)ccc1-n1ccc2cc(NCCN3CCCC3)ccc2c1=O. The van der Waals surface area contributed by atoms with E-state index in [4.69, 9.17) is 11.6 Å². The lowest BCUT2D eigenvalue weighted by molar-refractivity contribution is 0.256. The van der Waals surface area contributed by atoms with E-state index in [1.807, 2.05) is 29.0 Å². The zero-order valence-corrected chi connectivity index (χ0v) is 25.9. The molecule has 0 unspecified atom stereocenters. The van der Waals surface area contributed by atoms with Crippen LogP contribution in [0.15, 0.2) is 69.8 Å². The van der Waals surface area contributed by atoms with Gasteiger partial charge in [0.25, 0.3) is 15.6 Å². The molecule has 0 bridgehead atoms. The Balaban J connectivity index is 1.31. The van der Waals surface area contributed by atoms with Gasteiger partial charge in [-0.15, -0.1) is 11.3 Å². The number of amides is 2. The number of rotatable bonds is 9. The van der Waals surface area contributed by atoms with Gasteiger partial charge in [0.2, 0.25) is 0 Å². The Morgan fingerprint density at radius 2 is 1.82 bits per heavy atom. The van der Waals surface area contributed by atoms with E-state index in [9.17, 15) is 18.0 Å². The molecule has 2 amide bonds. The Morgan fingerprint density at radius 3 is 2.55 bits per heavy atom. The van der Waals surface area contributed by atoms with Crippen molar-refractivity contribution in [2.75, 3.05) is 36.8 Å². The number of nitrogens with zero attached hydrogens (tertiary/aromatic N) is 2. The van der Waals surface area contributed by atoms with Crippen molar-refractivity contribution in [3.8, 4) is 5.69 Å². The fourth-order valence-electron chi connectivity index (χ4n) is 4.57. The van der Waals surface area contributed by atoms with Gasteiger partial charge in [-0.1, -0.05) is 36.8 Å². The molecule has 2 aromatic carbocycles. The van der Waals surface area contributed by atoms with Crippen molar-refractivity contribution >= 4 is 86.4 Å². The van der Waals surface area contributed by atoms with Gasteiger partial charge in [-0.2, -0.15) is 0 Å². The van der Waals surface area contributed by atoms with E-state index in [0.29, 0.717) is 21.1 Å². The summed E-state index contributed by atoms with van der Waals surface area (Å²) in [5.74, 6) is 0. The Hall–Kier alpha value is -2.78. The van der Waals surface area contributed by atoms with E-state index in [1.54, 1.807) is 29.0 Å². The quantitative estimate of drug-likeness (QED) is 0.204. The lowest BCUT2D eigenvalue weighted by Gasteiger charge is -2.16. The highest BCUT2D eigenvalue weighted by Crippen LogP contribution is 2.27. The summed E-state index contributed by atoms with van der Waals surface area (Å²) in [6.45, 7) is 4.18. The highest BCUT2D eigenvalue weighted by Gasteiger charge is 2.20. The molecule has 0 atom stereocenters. The van der Waals surface area contributed by atoms with E-state index >= 15 is 0 Å². The second-order valence-corrected chi connectivity index (χ2v) is 14.7. The fraction of sp³-hybridized carbons (Fsp3) is 0.222. The second-order valence-electron chi connectivity index (χ2n) is 9.19. The van der Waals surface area contributed by atoms with Gasteiger partial charge in [-0.05, 0) is 85.9 Å². The number of carbonyl (C=O) groups is 1. The third-order valence-corrected chi connectivity index (χ3v) is 11.2. The van der Waals surface area contributed by atoms with Crippen LogP contribution in [0.25, 0.3) is 16.5 Å². The number of aromatic nitrogens is 1. The van der Waals surface area contributed by atoms with Gasteiger partial charge in [0.1, 0.15) is 4.21 Å². The molecule has 3 N–H and O–H groups in total. The van der Waals surface area contributed by atoms with Crippen LogP contribution in [-0.2, 0) is 10.0 Å². The van der Waals surface area contributed by atoms with E-state index in [-0.39, 0.29) is 9.77 Å². The van der Waals surface area contributed by atoms with E-state index in [2.05, 4.69) is 20.0 Å². The third kappa shape index (κ3) is 6.57. The molecule has 4 aromatic rings. The van der Waals surface area contributed by atoms with Gasteiger partial charge in [0, 0.05) is 39.6 Å². The van der Waals surface area contributed by atoms with Gasteiger partial charge >= 0.3 is 6.03 Å². The number of hydrogen-bond acceptors (Lipinski definition) is 7. The van der Waals surface area contributed by atoms with Crippen LogP contribution in [0.2, 0.25) is 4.34 Å². The third-order valence-electron chi connectivity index (χ3n) is 6.51. The standard InChI is InChI=1S/C27H27ClIN5O4S2/c1-29-22-17-20(31-27(36)32-40(37,38)25-9-8-24(28)39-25)5-7-23(22)34-14-10-18-16-19(4-6-21(18)26(34)35)30-11-15-33-12-2-3-13-33/h4-10,14,16-17,30H,1-3,11-13,15H2,(H2,31,32,36). The summed E-state index contributed by atoms with van der Waals surface area (Å²) in [4.78, 5) is 28.3. The minimum absolute atomic E-state index is 0.0621. The summed E-state index contributed by atoms with van der Waals surface area (Å²) < 4.78 is 33.5. The summed E-state index contributed by atoms with van der Waals surface area (Å²) in [5.41, 5.74) is 1.89. The molecule has 5 rings (SSSR count). The van der Waals surface area contributed by atoms with Gasteiger partial charge < -0.3 is 15.5 Å². The molecule has 1 aliphatic rings. The lowest BCUT2D eigenvalue weighted by Crippen LogP contribution is -2.34. The Labute approximate surface area is 251 Å². The van der Waals surface area contributed by atoms with Crippen LogP contribution in [0.4, 0.5) is 16.2 Å². The number of carbonyl (C=O) groups excluding carboxylic acids is 1. The molecule has 210 valence electrons. The average Bonchev–Trinajstić information content (AvgIpc) is 3.61. The normalized spacial score (nSPS) is 13.9. The summed E-state index contributed by atoms with van der Waals surface area (Å²) in [6.07, 6.45) is 4.28. The molecule has 3 heterocycles. The first kappa shape index (κ1) is 28.7. The number of halogens is 2. The van der Waals surface area contributed by atoms with Crippen molar-refractivity contribution in [1.82, 2.24) is 14.2 Å². The molecule has 40 heavy (non-hydrogen) atoms. The zero-order valence-electron chi connectivity index (χ0n) is 21.3. The number of hydrogen-bond donors (Lipinski definition) is 3. The predicted octanol–water partition coefficient (Wildman–Crippen LogP) is 5.30. The van der Waals surface area contributed by atoms with Crippen LogP contribution in [0.1, 0.15) is 12.8 Å². The first-order valence-corrected chi connectivity index (χ1v) is 17.8. The molecule has 2 aromatic heterocycles. The maximum absolute atomic E-state index is 13.4. The Kier molecular flexibility index (Phi) is 8.90. The lowest BCUT2D eigenvalue weighted by atomic mass is 10.1. The number of sulfonamides is 1. The largest absolute Gasteiger partial charge is 0.384 e. The van der Waals surface area contributed by atoms with E-state index in [1.165, 1.54) is 25.0 Å². The van der Waals surface area contributed by atoms with Crippen LogP contribution in [0.5, 0.6) is 0 Å². The summed E-state index contributed by atoms with van der Waals surface area (Å²) in [6, 6.07) is 14.6. The zero-order chi connectivity index (χ0) is 28.3. The van der Waals surface area contributed by atoms with Crippen LogP contribution >= 0.6 is 43.7 Å². The van der Waals surface area contributed by atoms with Crippen molar-refractivity contribution in [3.63, 3.8) is 0 Å². The monoisotopic (exact) mass is 711 g/mol. The Bertz CT molecular complexity index is 1750. The summed E-state index contributed by atoms with van der Waals surface area (Å²) in [5, 5.41) is 7.45. The molecular formula is C27H27ClIN5O4S2. The summed E-state index contributed by atoms with van der Waals surface area (Å²) in [7, 11) is -4.05. The number of nitrogens with one attached hydrogen (secondary N) is 3. The second kappa shape index (κ2) is 12.4. The number of fused-ring (bicyclic) bond motifs is 1. The molecule has 9 nitrogen and oxygen atoms in total. The first-order valence-electron chi connectivity index (χ1n) is 12.5. The number of urea groups is 1. The molecule has 1 fully saturated rings. The highest BCUT2D eigenvalue weighted by atomic mass is 127. The van der Waals surface area contributed by atoms with Gasteiger partial charge in [-0.25, -0.2) is 17.9 Å². The first-order chi connectivity index (χ1) is 19.2. The maximum atomic E-state index is 13.4. The topological polar surface area (TPSA) is 113 Å². The van der Waals surface area contributed by atoms with Crippen LogP contribution in [0.3, 0.4) is 0 Å². The smallest absolute Gasteiger partial charge is 0.333 e. The van der Waals surface area contributed by atoms with Crippen LogP contribution in [-0.4, -0.2) is 54.6 Å². The minimum atomic E-state index is -4.05. The number of thiophene rings is 1. The summed E-state index contributed by atoms with van der Waals surface area (Å²) >= 11 is 5.92. The van der Waals surface area contributed by atoms with Crippen LogP contribution in [0, 0.1) is 3.57 Å². The molecule has 0 radical (unpaired) electrons. The molecule has 1 aliphatic heterocycles. The molecule has 13 heteroatoms. The highest BCUT2D eigenvalue weighted by molar-refractivity contribution is 14.2. The molecular weight excluding hydrogens is 685 g/mol. The molecule has 0 aliphatic carbocycles. The van der Waals surface area contributed by atoms with Gasteiger partial charge in [0.15, 0.2) is 0 Å². The van der Waals surface area contributed by atoms with Crippen molar-refractivity contribution < 1.29 is 13.2 Å². The maximum Gasteiger partial charge on any atom is 0.333 e. The molecule has 0 spiro atoms. The van der Waals surface area contributed by atoms with E-state index in [0.717, 1.165) is 52.2 Å². The van der Waals surface area contributed by atoms with Crippen molar-refractivity contribution in [2.24, 2.45) is 0 Å². The van der Waals surface area contributed by atoms with Gasteiger partial charge in [-0.3, -0.25) is 9.36 Å². The minimum Gasteiger partial charge on any atom is -0.384 e. The number of likely N-dealkylation sites (tertiary alicyclic amines) is 1. The molecule has 0 saturated carbocycles. The van der Waals surface area contributed by atoms with E-state index < -0.39 is 36.8 Å². The van der Waals surface area contributed by atoms with Crippen molar-refractivity contribution in [2.45, 2.75) is 17.1 Å². The van der Waals surface area contributed by atoms with Crippen molar-refractivity contribution in [1.29, 1.82) is 0 Å². The van der Waals surface area contributed by atoms with Crippen molar-refractivity contribution in [3.05, 3.63) is 79.1 Å². The number of anilines is 2. The Morgan fingerprint density at radius 1 is 1.05 bits per heavy atom. The van der Waals surface area contributed by atoms with Crippen LogP contribution < -0.4 is 20.9 Å². The average molecular weight is 712 g/mol. The number of pyridine rings is 1. The predicted molar refractivity (Wildman–Crippen MR) is 172 cm³/mol. The number of benzene rings is 2. The fourth-order valence-corrected chi connectivity index (χ4v) is 8.35.